The van der Waals surface area contributed by atoms with Gasteiger partial charge in [-0.25, -0.2) is 0 Å². The van der Waals surface area contributed by atoms with Gasteiger partial charge in [0, 0.05) is 43.6 Å². The number of hydrogen-bond acceptors (Lipinski definition) is 4. The van der Waals surface area contributed by atoms with E-state index in [-0.39, 0.29) is 0 Å². The molecule has 0 saturated carbocycles. The highest BCUT2D eigenvalue weighted by atomic mass is 79.9. The van der Waals surface area contributed by atoms with Crippen LogP contribution in [0.1, 0.15) is 17.3 Å². The van der Waals surface area contributed by atoms with Crippen LogP contribution in [0.2, 0.25) is 0 Å². The second-order valence-electron chi connectivity index (χ2n) is 5.00. The molecule has 1 fully saturated rings. The van der Waals surface area contributed by atoms with Crippen LogP contribution >= 0.6 is 27.3 Å². The standard InChI is InChI=1S/C13H22BrN3S/c1-16(2)11(12-3-4-13(14)18-12)5-8-17-9-6-15-7-10-17/h3-4,11,15H,5-10H2,1-2H3. The molecule has 1 aromatic rings. The maximum atomic E-state index is 3.56. The molecule has 0 amide bonds. The lowest BCUT2D eigenvalue weighted by molar-refractivity contribution is 0.200. The average molecular weight is 332 g/mol. The maximum absolute atomic E-state index is 3.56. The van der Waals surface area contributed by atoms with E-state index in [4.69, 9.17) is 0 Å². The molecule has 0 aliphatic carbocycles. The highest BCUT2D eigenvalue weighted by Gasteiger charge is 2.18. The van der Waals surface area contributed by atoms with E-state index in [0.717, 1.165) is 13.1 Å². The minimum atomic E-state index is 0.538. The van der Waals surface area contributed by atoms with E-state index >= 15 is 0 Å². The molecule has 1 aromatic heterocycles. The molecule has 1 unspecified atom stereocenters. The summed E-state index contributed by atoms with van der Waals surface area (Å²) in [5, 5.41) is 3.40. The SMILES string of the molecule is CN(C)C(CCN1CCNCC1)c1ccc(Br)s1. The Kier molecular flexibility index (Phi) is 5.63. The smallest absolute Gasteiger partial charge is 0.0701 e. The molecule has 3 nitrogen and oxygen atoms in total. The van der Waals surface area contributed by atoms with Crippen LogP contribution in [0.25, 0.3) is 0 Å². The van der Waals surface area contributed by atoms with Crippen LogP contribution < -0.4 is 5.32 Å². The second-order valence-corrected chi connectivity index (χ2v) is 7.50. The third kappa shape index (κ3) is 4.03. The number of hydrogen-bond donors (Lipinski definition) is 1. The summed E-state index contributed by atoms with van der Waals surface area (Å²) in [6.45, 7) is 5.84. The Labute approximate surface area is 122 Å². The minimum absolute atomic E-state index is 0.538. The van der Waals surface area contributed by atoms with E-state index < -0.39 is 0 Å². The number of nitrogens with one attached hydrogen (secondary N) is 1. The lowest BCUT2D eigenvalue weighted by Gasteiger charge is -2.30. The molecule has 18 heavy (non-hydrogen) atoms. The van der Waals surface area contributed by atoms with Gasteiger partial charge in [0.05, 0.1) is 3.79 Å². The van der Waals surface area contributed by atoms with Crippen LogP contribution in [0.3, 0.4) is 0 Å². The highest BCUT2D eigenvalue weighted by Crippen LogP contribution is 2.31. The molecular weight excluding hydrogens is 310 g/mol. The van der Waals surface area contributed by atoms with Crippen molar-refractivity contribution in [2.24, 2.45) is 0 Å². The van der Waals surface area contributed by atoms with Crippen molar-refractivity contribution in [3.05, 3.63) is 20.8 Å². The Morgan fingerprint density at radius 1 is 1.39 bits per heavy atom. The monoisotopic (exact) mass is 331 g/mol. The van der Waals surface area contributed by atoms with Gasteiger partial charge in [0.2, 0.25) is 0 Å². The molecule has 5 heteroatoms. The fourth-order valence-electron chi connectivity index (χ4n) is 2.40. The fourth-order valence-corrected chi connectivity index (χ4v) is 4.06. The van der Waals surface area contributed by atoms with Gasteiger partial charge in [-0.1, -0.05) is 0 Å². The van der Waals surface area contributed by atoms with E-state index in [2.05, 4.69) is 57.3 Å². The summed E-state index contributed by atoms with van der Waals surface area (Å²) in [5.74, 6) is 0. The zero-order chi connectivity index (χ0) is 13.0. The number of rotatable bonds is 5. The van der Waals surface area contributed by atoms with Crippen molar-refractivity contribution in [2.45, 2.75) is 12.5 Å². The van der Waals surface area contributed by atoms with Gasteiger partial charge in [0.15, 0.2) is 0 Å². The Bertz CT molecular complexity index is 361. The van der Waals surface area contributed by atoms with E-state index in [1.807, 2.05) is 11.3 Å². The van der Waals surface area contributed by atoms with Gasteiger partial charge in [0.1, 0.15) is 0 Å². The minimum Gasteiger partial charge on any atom is -0.314 e. The van der Waals surface area contributed by atoms with Gasteiger partial charge in [-0.15, -0.1) is 11.3 Å². The summed E-state index contributed by atoms with van der Waals surface area (Å²) < 4.78 is 1.23. The van der Waals surface area contributed by atoms with Crippen LogP contribution in [0.15, 0.2) is 15.9 Å². The predicted molar refractivity (Wildman–Crippen MR) is 82.4 cm³/mol. The molecule has 1 saturated heterocycles. The fraction of sp³-hybridized carbons (Fsp3) is 0.692. The number of nitrogens with zero attached hydrogens (tertiary/aromatic N) is 2. The molecule has 1 aliphatic heterocycles. The Hall–Kier alpha value is 0.0600. The quantitative estimate of drug-likeness (QED) is 0.893. The second kappa shape index (κ2) is 7.01. The Balaban J connectivity index is 1.90. The lowest BCUT2D eigenvalue weighted by Crippen LogP contribution is -2.44. The molecule has 1 atom stereocenters. The predicted octanol–water partition coefficient (Wildman–Crippen LogP) is 2.41. The van der Waals surface area contributed by atoms with Crippen molar-refractivity contribution in [1.29, 1.82) is 0 Å². The molecule has 2 rings (SSSR count). The van der Waals surface area contributed by atoms with Crippen LogP contribution in [-0.4, -0.2) is 56.6 Å². The third-order valence-electron chi connectivity index (χ3n) is 3.47. The topological polar surface area (TPSA) is 18.5 Å². The first-order valence-electron chi connectivity index (χ1n) is 6.51. The molecule has 2 heterocycles. The van der Waals surface area contributed by atoms with Crippen molar-refractivity contribution < 1.29 is 0 Å². The zero-order valence-electron chi connectivity index (χ0n) is 11.2. The molecule has 1 N–H and O–H groups in total. The Morgan fingerprint density at radius 3 is 2.67 bits per heavy atom. The van der Waals surface area contributed by atoms with E-state index in [0.29, 0.717) is 6.04 Å². The third-order valence-corrected chi connectivity index (χ3v) is 5.20. The van der Waals surface area contributed by atoms with Crippen molar-refractivity contribution in [3.8, 4) is 0 Å². The molecule has 0 bridgehead atoms. The molecular formula is C13H22BrN3S. The molecule has 102 valence electrons. The van der Waals surface area contributed by atoms with Crippen molar-refractivity contribution in [2.75, 3.05) is 46.8 Å². The largest absolute Gasteiger partial charge is 0.314 e. The van der Waals surface area contributed by atoms with E-state index in [1.165, 1.54) is 34.7 Å². The zero-order valence-corrected chi connectivity index (χ0v) is 13.6. The lowest BCUT2D eigenvalue weighted by atomic mass is 10.1. The average Bonchev–Trinajstić information content (AvgIpc) is 2.77. The van der Waals surface area contributed by atoms with Gasteiger partial charge >= 0.3 is 0 Å². The van der Waals surface area contributed by atoms with Crippen LogP contribution in [-0.2, 0) is 0 Å². The van der Waals surface area contributed by atoms with E-state index in [1.54, 1.807) is 0 Å². The number of piperazine rings is 1. The summed E-state index contributed by atoms with van der Waals surface area (Å²) in [4.78, 5) is 6.36. The summed E-state index contributed by atoms with van der Waals surface area (Å²) in [7, 11) is 4.35. The van der Waals surface area contributed by atoms with Crippen molar-refractivity contribution in [3.63, 3.8) is 0 Å². The summed E-state index contributed by atoms with van der Waals surface area (Å²) >= 11 is 5.41. The molecule has 1 aliphatic rings. The van der Waals surface area contributed by atoms with Crippen LogP contribution in [0, 0.1) is 0 Å². The van der Waals surface area contributed by atoms with Crippen molar-refractivity contribution in [1.82, 2.24) is 15.1 Å². The van der Waals surface area contributed by atoms with Gasteiger partial charge < -0.3 is 15.1 Å². The first kappa shape index (κ1) is 14.5. The van der Waals surface area contributed by atoms with Gasteiger partial charge in [-0.3, -0.25) is 0 Å². The molecule has 0 radical (unpaired) electrons. The summed E-state index contributed by atoms with van der Waals surface area (Å²) in [6.07, 6.45) is 1.21. The Morgan fingerprint density at radius 2 is 2.11 bits per heavy atom. The number of halogens is 1. The summed E-state index contributed by atoms with van der Waals surface area (Å²) in [5.41, 5.74) is 0. The van der Waals surface area contributed by atoms with Gasteiger partial charge in [-0.05, 0) is 48.6 Å². The van der Waals surface area contributed by atoms with Gasteiger partial charge in [-0.2, -0.15) is 0 Å². The highest BCUT2D eigenvalue weighted by molar-refractivity contribution is 9.11. The van der Waals surface area contributed by atoms with E-state index in [9.17, 15) is 0 Å². The van der Waals surface area contributed by atoms with Crippen molar-refractivity contribution >= 4 is 27.3 Å². The first-order valence-corrected chi connectivity index (χ1v) is 8.12. The van der Waals surface area contributed by atoms with Crippen LogP contribution in [0.4, 0.5) is 0 Å². The summed E-state index contributed by atoms with van der Waals surface area (Å²) in [6, 6.07) is 4.94. The van der Waals surface area contributed by atoms with Crippen LogP contribution in [0.5, 0.6) is 0 Å². The first-order chi connectivity index (χ1) is 8.66. The molecule has 0 aromatic carbocycles. The normalized spacial score (nSPS) is 19.3. The maximum Gasteiger partial charge on any atom is 0.0701 e. The molecule has 0 spiro atoms. The number of thiophene rings is 1. The van der Waals surface area contributed by atoms with Gasteiger partial charge in [0.25, 0.3) is 0 Å².